The lowest BCUT2D eigenvalue weighted by Gasteiger charge is -2.07. The number of carbonyl (C=O) groups is 2. The summed E-state index contributed by atoms with van der Waals surface area (Å²) in [6.07, 6.45) is 0. The minimum atomic E-state index is -0.629. The van der Waals surface area contributed by atoms with Gasteiger partial charge in [-0.1, -0.05) is 22.0 Å². The van der Waals surface area contributed by atoms with Crippen LogP contribution in [-0.4, -0.2) is 11.9 Å². The molecule has 0 radical (unpaired) electrons. The fraction of sp³-hybridized carbons (Fsp3) is 0. The molecule has 0 spiro atoms. The van der Waals surface area contributed by atoms with Crippen molar-refractivity contribution < 1.29 is 9.59 Å². The van der Waals surface area contributed by atoms with Gasteiger partial charge in [0.2, 0.25) is 0 Å². The van der Waals surface area contributed by atoms with Crippen molar-refractivity contribution in [3.05, 3.63) is 58.6 Å². The SMILES string of the molecule is NC(=O)Nc1ccc(NC(=O)c2cccc(Br)c2)cc1. The average Bonchev–Trinajstić information content (AvgIpc) is 2.40. The summed E-state index contributed by atoms with van der Waals surface area (Å²) >= 11 is 3.32. The summed E-state index contributed by atoms with van der Waals surface area (Å²) in [4.78, 5) is 22.7. The third kappa shape index (κ3) is 3.83. The van der Waals surface area contributed by atoms with Gasteiger partial charge in [-0.2, -0.15) is 0 Å². The molecular weight excluding hydrogens is 322 g/mol. The van der Waals surface area contributed by atoms with Crippen LogP contribution in [0.5, 0.6) is 0 Å². The second kappa shape index (κ2) is 6.21. The largest absolute Gasteiger partial charge is 0.351 e. The lowest BCUT2D eigenvalue weighted by molar-refractivity contribution is 0.102. The van der Waals surface area contributed by atoms with E-state index in [9.17, 15) is 9.59 Å². The number of anilines is 2. The van der Waals surface area contributed by atoms with Gasteiger partial charge in [0.05, 0.1) is 0 Å². The zero-order chi connectivity index (χ0) is 14.5. The minimum absolute atomic E-state index is 0.207. The summed E-state index contributed by atoms with van der Waals surface area (Å²) in [6.45, 7) is 0. The fourth-order valence-electron chi connectivity index (χ4n) is 1.61. The first-order valence-electron chi connectivity index (χ1n) is 5.78. The Morgan fingerprint density at radius 1 is 0.950 bits per heavy atom. The van der Waals surface area contributed by atoms with Gasteiger partial charge in [0.1, 0.15) is 0 Å². The highest BCUT2D eigenvalue weighted by Gasteiger charge is 2.06. The first kappa shape index (κ1) is 14.1. The van der Waals surface area contributed by atoms with Crippen LogP contribution in [0.3, 0.4) is 0 Å². The highest BCUT2D eigenvalue weighted by Crippen LogP contribution is 2.16. The second-order valence-electron chi connectivity index (χ2n) is 4.03. The van der Waals surface area contributed by atoms with E-state index in [1.54, 1.807) is 42.5 Å². The molecule has 0 atom stereocenters. The number of halogens is 1. The lowest BCUT2D eigenvalue weighted by atomic mass is 10.2. The molecule has 0 aromatic heterocycles. The molecule has 0 saturated carbocycles. The smallest absolute Gasteiger partial charge is 0.316 e. The van der Waals surface area contributed by atoms with Crippen LogP contribution in [0.15, 0.2) is 53.0 Å². The molecular formula is C14H12BrN3O2. The van der Waals surface area contributed by atoms with Gasteiger partial charge in [0, 0.05) is 21.4 Å². The maximum absolute atomic E-state index is 12.0. The van der Waals surface area contributed by atoms with E-state index in [0.29, 0.717) is 16.9 Å². The number of nitrogens with two attached hydrogens (primary N) is 1. The predicted molar refractivity (Wildman–Crippen MR) is 81.7 cm³/mol. The van der Waals surface area contributed by atoms with Crippen molar-refractivity contribution in [1.82, 2.24) is 0 Å². The summed E-state index contributed by atoms with van der Waals surface area (Å²) < 4.78 is 0.839. The normalized spacial score (nSPS) is 9.85. The van der Waals surface area contributed by atoms with Gasteiger partial charge in [-0.05, 0) is 42.5 Å². The standard InChI is InChI=1S/C14H12BrN3O2/c15-10-3-1-2-9(8-10)13(19)17-11-4-6-12(7-5-11)18-14(16)20/h1-8H,(H,17,19)(H3,16,18,20). The predicted octanol–water partition coefficient (Wildman–Crippen LogP) is 3.19. The molecule has 102 valence electrons. The van der Waals surface area contributed by atoms with Crippen molar-refractivity contribution in [3.63, 3.8) is 0 Å². The highest BCUT2D eigenvalue weighted by molar-refractivity contribution is 9.10. The third-order valence-corrected chi connectivity index (χ3v) is 2.99. The number of primary amides is 1. The molecule has 0 bridgehead atoms. The molecule has 2 aromatic carbocycles. The van der Waals surface area contributed by atoms with Gasteiger partial charge in [-0.25, -0.2) is 4.79 Å². The van der Waals surface area contributed by atoms with E-state index in [2.05, 4.69) is 26.6 Å². The molecule has 0 aliphatic heterocycles. The van der Waals surface area contributed by atoms with Crippen LogP contribution >= 0.6 is 15.9 Å². The van der Waals surface area contributed by atoms with E-state index < -0.39 is 6.03 Å². The number of carbonyl (C=O) groups excluding carboxylic acids is 2. The molecule has 6 heteroatoms. The molecule has 0 unspecified atom stereocenters. The van der Waals surface area contributed by atoms with Crippen molar-refractivity contribution in [2.24, 2.45) is 5.73 Å². The topological polar surface area (TPSA) is 84.2 Å². The zero-order valence-electron chi connectivity index (χ0n) is 10.4. The lowest BCUT2D eigenvalue weighted by Crippen LogP contribution is -2.19. The third-order valence-electron chi connectivity index (χ3n) is 2.50. The van der Waals surface area contributed by atoms with Crippen LogP contribution in [0.2, 0.25) is 0 Å². The maximum atomic E-state index is 12.0. The Morgan fingerprint density at radius 2 is 1.55 bits per heavy atom. The van der Waals surface area contributed by atoms with E-state index in [1.807, 2.05) is 6.07 Å². The summed E-state index contributed by atoms with van der Waals surface area (Å²) in [7, 11) is 0. The van der Waals surface area contributed by atoms with E-state index >= 15 is 0 Å². The second-order valence-corrected chi connectivity index (χ2v) is 4.95. The molecule has 5 nitrogen and oxygen atoms in total. The van der Waals surface area contributed by atoms with Crippen LogP contribution in [-0.2, 0) is 0 Å². The summed E-state index contributed by atoms with van der Waals surface area (Å²) in [6, 6.07) is 13.1. The van der Waals surface area contributed by atoms with Gasteiger partial charge in [0.25, 0.3) is 5.91 Å². The number of nitrogens with one attached hydrogen (secondary N) is 2. The fourth-order valence-corrected chi connectivity index (χ4v) is 2.01. The Labute approximate surface area is 124 Å². The summed E-state index contributed by atoms with van der Waals surface area (Å²) in [5.41, 5.74) is 6.76. The monoisotopic (exact) mass is 333 g/mol. The molecule has 20 heavy (non-hydrogen) atoms. The summed E-state index contributed by atoms with van der Waals surface area (Å²) in [5.74, 6) is -0.207. The summed E-state index contributed by atoms with van der Waals surface area (Å²) in [5, 5.41) is 5.21. The van der Waals surface area contributed by atoms with Gasteiger partial charge in [-0.15, -0.1) is 0 Å². The Kier molecular flexibility index (Phi) is 4.37. The minimum Gasteiger partial charge on any atom is -0.351 e. The average molecular weight is 334 g/mol. The number of hydrogen-bond donors (Lipinski definition) is 3. The van der Waals surface area contributed by atoms with Crippen molar-refractivity contribution in [2.75, 3.05) is 10.6 Å². The van der Waals surface area contributed by atoms with E-state index in [4.69, 9.17) is 5.73 Å². The number of benzene rings is 2. The quantitative estimate of drug-likeness (QED) is 0.805. The van der Waals surface area contributed by atoms with Crippen LogP contribution in [0.4, 0.5) is 16.2 Å². The molecule has 0 fully saturated rings. The van der Waals surface area contributed by atoms with E-state index in [-0.39, 0.29) is 5.91 Å². The first-order valence-corrected chi connectivity index (χ1v) is 6.57. The molecule has 0 heterocycles. The van der Waals surface area contributed by atoms with Crippen molar-refractivity contribution >= 4 is 39.2 Å². The zero-order valence-corrected chi connectivity index (χ0v) is 12.0. The molecule has 3 amide bonds. The van der Waals surface area contributed by atoms with Crippen LogP contribution < -0.4 is 16.4 Å². The van der Waals surface area contributed by atoms with E-state index in [0.717, 1.165) is 4.47 Å². The van der Waals surface area contributed by atoms with Gasteiger partial charge in [-0.3, -0.25) is 4.79 Å². The van der Waals surface area contributed by atoms with Crippen molar-refractivity contribution in [2.45, 2.75) is 0 Å². The first-order chi connectivity index (χ1) is 9.54. The van der Waals surface area contributed by atoms with Gasteiger partial charge in [0.15, 0.2) is 0 Å². The Balaban J connectivity index is 2.06. The Bertz CT molecular complexity index is 641. The molecule has 0 aliphatic rings. The number of urea groups is 1. The molecule has 0 saturated heterocycles. The molecule has 4 N–H and O–H groups in total. The molecule has 2 rings (SSSR count). The Morgan fingerprint density at radius 3 is 2.10 bits per heavy atom. The molecule has 2 aromatic rings. The Hall–Kier alpha value is -2.34. The van der Waals surface area contributed by atoms with Gasteiger partial charge >= 0.3 is 6.03 Å². The number of amides is 3. The highest BCUT2D eigenvalue weighted by atomic mass is 79.9. The van der Waals surface area contributed by atoms with Crippen molar-refractivity contribution in [3.8, 4) is 0 Å². The van der Waals surface area contributed by atoms with Crippen LogP contribution in [0, 0.1) is 0 Å². The molecule has 0 aliphatic carbocycles. The van der Waals surface area contributed by atoms with E-state index in [1.165, 1.54) is 0 Å². The maximum Gasteiger partial charge on any atom is 0.316 e. The number of rotatable bonds is 3. The van der Waals surface area contributed by atoms with Gasteiger partial charge < -0.3 is 16.4 Å². The van der Waals surface area contributed by atoms with Crippen molar-refractivity contribution in [1.29, 1.82) is 0 Å². The van der Waals surface area contributed by atoms with Crippen LogP contribution in [0.1, 0.15) is 10.4 Å². The van der Waals surface area contributed by atoms with Crippen LogP contribution in [0.25, 0.3) is 0 Å². The number of hydrogen-bond acceptors (Lipinski definition) is 2.